The van der Waals surface area contributed by atoms with E-state index in [2.05, 4.69) is 10.1 Å². The SMILES string of the molecule is OC1CN(Cc2noc(-c3ccco3)n2)CC1O. The molecule has 2 aromatic heterocycles. The lowest BCUT2D eigenvalue weighted by Gasteiger charge is -2.10. The fraction of sp³-hybridized carbons (Fsp3) is 0.455. The Hall–Kier alpha value is -1.70. The number of likely N-dealkylation sites (tertiary alicyclic amines) is 1. The Bertz CT molecular complexity index is 500. The van der Waals surface area contributed by atoms with Crippen LogP contribution >= 0.6 is 0 Å². The van der Waals surface area contributed by atoms with Crippen LogP contribution in [0, 0.1) is 0 Å². The van der Waals surface area contributed by atoms with Crippen LogP contribution in [0.2, 0.25) is 0 Å². The highest BCUT2D eigenvalue weighted by atomic mass is 16.5. The molecule has 3 heterocycles. The fourth-order valence-corrected chi connectivity index (χ4v) is 1.99. The van der Waals surface area contributed by atoms with Gasteiger partial charge in [-0.2, -0.15) is 4.98 Å². The predicted molar refractivity (Wildman–Crippen MR) is 59.3 cm³/mol. The standard InChI is InChI=1S/C11H13N3O4/c15-7-4-14(5-8(7)16)6-10-12-11(18-13-10)9-2-1-3-17-9/h1-3,7-8,15-16H,4-6H2. The lowest BCUT2D eigenvalue weighted by atomic mass is 10.3. The number of aliphatic hydroxyl groups excluding tert-OH is 2. The molecule has 96 valence electrons. The molecule has 0 amide bonds. The van der Waals surface area contributed by atoms with E-state index in [0.717, 1.165) is 0 Å². The summed E-state index contributed by atoms with van der Waals surface area (Å²) in [6.07, 6.45) is 0.120. The smallest absolute Gasteiger partial charge is 0.293 e. The molecule has 0 aliphatic carbocycles. The van der Waals surface area contributed by atoms with Crippen LogP contribution in [0.25, 0.3) is 11.7 Å². The van der Waals surface area contributed by atoms with Gasteiger partial charge in [-0.1, -0.05) is 5.16 Å². The number of hydrogen-bond donors (Lipinski definition) is 2. The Morgan fingerprint density at radius 1 is 1.33 bits per heavy atom. The lowest BCUT2D eigenvalue weighted by Crippen LogP contribution is -2.22. The average molecular weight is 251 g/mol. The second kappa shape index (κ2) is 4.52. The highest BCUT2D eigenvalue weighted by Crippen LogP contribution is 2.18. The minimum Gasteiger partial charge on any atom is -0.459 e. The molecule has 2 atom stereocenters. The Morgan fingerprint density at radius 3 is 2.78 bits per heavy atom. The van der Waals surface area contributed by atoms with Gasteiger partial charge in [-0.15, -0.1) is 0 Å². The van der Waals surface area contributed by atoms with Gasteiger partial charge in [-0.05, 0) is 12.1 Å². The van der Waals surface area contributed by atoms with E-state index in [4.69, 9.17) is 8.94 Å². The highest BCUT2D eigenvalue weighted by molar-refractivity contribution is 5.42. The van der Waals surface area contributed by atoms with Crippen LogP contribution in [-0.4, -0.2) is 50.6 Å². The summed E-state index contributed by atoms with van der Waals surface area (Å²) in [7, 11) is 0. The first-order valence-corrected chi connectivity index (χ1v) is 5.67. The van der Waals surface area contributed by atoms with Gasteiger partial charge in [0.1, 0.15) is 0 Å². The number of rotatable bonds is 3. The second-order valence-corrected chi connectivity index (χ2v) is 4.32. The van der Waals surface area contributed by atoms with Crippen molar-refractivity contribution in [1.82, 2.24) is 15.0 Å². The number of aromatic nitrogens is 2. The summed E-state index contributed by atoms with van der Waals surface area (Å²) < 4.78 is 10.2. The third-order valence-electron chi connectivity index (χ3n) is 2.90. The molecular weight excluding hydrogens is 238 g/mol. The molecule has 2 N–H and O–H groups in total. The molecule has 2 aromatic rings. The number of aliphatic hydroxyl groups is 2. The molecule has 18 heavy (non-hydrogen) atoms. The van der Waals surface area contributed by atoms with Gasteiger partial charge in [-0.3, -0.25) is 4.90 Å². The van der Waals surface area contributed by atoms with E-state index in [1.165, 1.54) is 6.26 Å². The van der Waals surface area contributed by atoms with Gasteiger partial charge in [-0.25, -0.2) is 0 Å². The summed E-state index contributed by atoms with van der Waals surface area (Å²) in [5.74, 6) is 1.35. The minimum atomic E-state index is -0.707. The Labute approximate surface area is 103 Å². The van der Waals surface area contributed by atoms with Crippen molar-refractivity contribution in [2.75, 3.05) is 13.1 Å². The highest BCUT2D eigenvalue weighted by Gasteiger charge is 2.30. The summed E-state index contributed by atoms with van der Waals surface area (Å²) in [4.78, 5) is 6.06. The molecule has 1 fully saturated rings. The molecular formula is C11H13N3O4. The van der Waals surface area contributed by atoms with Crippen molar-refractivity contribution in [3.63, 3.8) is 0 Å². The maximum absolute atomic E-state index is 9.43. The molecule has 0 bridgehead atoms. The van der Waals surface area contributed by atoms with Gasteiger partial charge in [0, 0.05) is 13.1 Å². The average Bonchev–Trinajstić information content (AvgIpc) is 3.02. The molecule has 3 rings (SSSR count). The zero-order valence-electron chi connectivity index (χ0n) is 9.56. The second-order valence-electron chi connectivity index (χ2n) is 4.32. The zero-order valence-corrected chi connectivity index (χ0v) is 9.56. The van der Waals surface area contributed by atoms with Crippen molar-refractivity contribution < 1.29 is 19.2 Å². The first kappa shape index (κ1) is 11.4. The largest absolute Gasteiger partial charge is 0.459 e. The van der Waals surface area contributed by atoms with Crippen molar-refractivity contribution in [2.24, 2.45) is 0 Å². The van der Waals surface area contributed by atoms with Crippen molar-refractivity contribution in [2.45, 2.75) is 18.8 Å². The quantitative estimate of drug-likeness (QED) is 0.784. The van der Waals surface area contributed by atoms with E-state index in [-0.39, 0.29) is 0 Å². The minimum absolute atomic E-state index is 0.329. The summed E-state index contributed by atoms with van der Waals surface area (Å²) in [6.45, 7) is 1.25. The Kier molecular flexibility index (Phi) is 2.86. The lowest BCUT2D eigenvalue weighted by molar-refractivity contribution is 0.0572. The van der Waals surface area contributed by atoms with Gasteiger partial charge in [0.15, 0.2) is 11.6 Å². The van der Waals surface area contributed by atoms with Gasteiger partial charge >= 0.3 is 0 Å². The maximum Gasteiger partial charge on any atom is 0.293 e. The Balaban J connectivity index is 1.68. The molecule has 1 saturated heterocycles. The summed E-state index contributed by atoms with van der Waals surface area (Å²) in [5.41, 5.74) is 0. The first-order chi connectivity index (χ1) is 8.72. The van der Waals surface area contributed by atoms with E-state index >= 15 is 0 Å². The molecule has 1 aliphatic heterocycles. The molecule has 0 saturated carbocycles. The number of nitrogens with zero attached hydrogens (tertiary/aromatic N) is 3. The summed E-state index contributed by atoms with van der Waals surface area (Å²) in [5, 5.41) is 22.7. The zero-order chi connectivity index (χ0) is 12.5. The number of β-amino-alcohol motifs (C(OH)–C–C–N with tert-alkyl or cyclic N) is 2. The first-order valence-electron chi connectivity index (χ1n) is 5.67. The predicted octanol–water partition coefficient (Wildman–Crippen LogP) is -0.133. The van der Waals surface area contributed by atoms with Crippen molar-refractivity contribution in [3.05, 3.63) is 24.2 Å². The van der Waals surface area contributed by atoms with Crippen LogP contribution in [0.5, 0.6) is 0 Å². The van der Waals surface area contributed by atoms with Crippen molar-refractivity contribution in [3.8, 4) is 11.7 Å². The van der Waals surface area contributed by atoms with E-state index in [1.807, 2.05) is 4.90 Å². The summed E-state index contributed by atoms with van der Waals surface area (Å²) in [6, 6.07) is 3.48. The monoisotopic (exact) mass is 251 g/mol. The topological polar surface area (TPSA) is 95.8 Å². The summed E-state index contributed by atoms with van der Waals surface area (Å²) >= 11 is 0. The molecule has 7 heteroatoms. The number of hydrogen-bond acceptors (Lipinski definition) is 7. The molecule has 0 radical (unpaired) electrons. The van der Waals surface area contributed by atoms with Gasteiger partial charge < -0.3 is 19.2 Å². The van der Waals surface area contributed by atoms with Crippen molar-refractivity contribution >= 4 is 0 Å². The van der Waals surface area contributed by atoms with Crippen LogP contribution in [0.4, 0.5) is 0 Å². The molecule has 0 aromatic carbocycles. The van der Waals surface area contributed by atoms with Crippen LogP contribution in [-0.2, 0) is 6.54 Å². The van der Waals surface area contributed by atoms with Crippen LogP contribution < -0.4 is 0 Å². The van der Waals surface area contributed by atoms with Crippen LogP contribution in [0.15, 0.2) is 27.3 Å². The van der Waals surface area contributed by atoms with Gasteiger partial charge in [0.2, 0.25) is 0 Å². The number of furan rings is 1. The third-order valence-corrected chi connectivity index (χ3v) is 2.90. The molecule has 1 aliphatic rings. The molecule has 2 unspecified atom stereocenters. The van der Waals surface area contributed by atoms with E-state index < -0.39 is 12.2 Å². The third kappa shape index (κ3) is 2.15. The molecule has 0 spiro atoms. The van der Waals surface area contributed by atoms with E-state index in [1.54, 1.807) is 12.1 Å². The molecule has 7 nitrogen and oxygen atoms in total. The van der Waals surface area contributed by atoms with Crippen molar-refractivity contribution in [1.29, 1.82) is 0 Å². The van der Waals surface area contributed by atoms with E-state index in [0.29, 0.717) is 37.1 Å². The maximum atomic E-state index is 9.43. The van der Waals surface area contributed by atoms with Gasteiger partial charge in [0.05, 0.1) is 25.0 Å². The van der Waals surface area contributed by atoms with Crippen LogP contribution in [0.3, 0.4) is 0 Å². The van der Waals surface area contributed by atoms with Gasteiger partial charge in [0.25, 0.3) is 5.89 Å². The Morgan fingerprint density at radius 2 is 2.11 bits per heavy atom. The van der Waals surface area contributed by atoms with E-state index in [9.17, 15) is 10.2 Å². The fourth-order valence-electron chi connectivity index (χ4n) is 1.99. The normalized spacial score (nSPS) is 24.8. The van der Waals surface area contributed by atoms with Crippen LogP contribution in [0.1, 0.15) is 5.82 Å².